The highest BCUT2D eigenvalue weighted by Crippen LogP contribution is 2.15. The Kier molecular flexibility index (Phi) is 1.36. The Morgan fingerprint density at radius 3 is 3.00 bits per heavy atom. The van der Waals surface area contributed by atoms with Gasteiger partial charge in [-0.25, -0.2) is 4.98 Å². The van der Waals surface area contributed by atoms with Crippen molar-refractivity contribution in [2.24, 2.45) is 7.05 Å². The maximum Gasteiger partial charge on any atom is 0.117 e. The lowest BCUT2D eigenvalue weighted by molar-refractivity contribution is 0.476. The van der Waals surface area contributed by atoms with Crippen LogP contribution in [0, 0.1) is 0 Å². The van der Waals surface area contributed by atoms with Crippen LogP contribution >= 0.6 is 0 Å². The molecule has 0 saturated heterocycles. The third-order valence-electron chi connectivity index (χ3n) is 1.84. The lowest BCUT2D eigenvalue weighted by Crippen LogP contribution is -2.03. The van der Waals surface area contributed by atoms with Gasteiger partial charge in [0.15, 0.2) is 0 Å². The lowest BCUT2D eigenvalue weighted by atomic mass is 9.94. The molecule has 0 saturated carbocycles. The molecule has 1 heterocycles. The number of imidazole rings is 1. The summed E-state index contributed by atoms with van der Waals surface area (Å²) in [5.74, 6) is 0.170. The number of benzene rings is 1. The first-order valence-electron chi connectivity index (χ1n) is 3.58. The van der Waals surface area contributed by atoms with Gasteiger partial charge in [-0.2, -0.15) is 0 Å². The molecule has 2 rings (SSSR count). The molecule has 2 radical (unpaired) electrons. The Morgan fingerprint density at radius 2 is 2.25 bits per heavy atom. The van der Waals surface area contributed by atoms with Gasteiger partial charge in [-0.3, -0.25) is 0 Å². The molecular weight excluding hydrogens is 151 g/mol. The maximum absolute atomic E-state index is 9.23. The molecule has 3 nitrogen and oxygen atoms in total. The zero-order valence-corrected chi connectivity index (χ0v) is 6.65. The minimum atomic E-state index is 0.170. The maximum atomic E-state index is 9.23. The molecule has 0 aliphatic heterocycles. The number of nitrogens with zero attached hydrogens (tertiary/aromatic N) is 2. The SMILES string of the molecule is [B]c1cc(O)cc2c1ncn2C. The van der Waals surface area contributed by atoms with Crippen molar-refractivity contribution in [3.63, 3.8) is 0 Å². The van der Waals surface area contributed by atoms with Crippen LogP contribution in [0.3, 0.4) is 0 Å². The molecule has 4 heteroatoms. The Hall–Kier alpha value is -1.45. The number of fused-ring (bicyclic) bond motifs is 1. The normalized spacial score (nSPS) is 10.8. The Labute approximate surface area is 71.1 Å². The molecule has 2 aromatic rings. The number of hydrogen-bond acceptors (Lipinski definition) is 2. The second kappa shape index (κ2) is 2.27. The van der Waals surface area contributed by atoms with E-state index in [9.17, 15) is 5.11 Å². The van der Waals surface area contributed by atoms with E-state index in [2.05, 4.69) is 4.98 Å². The molecule has 1 aromatic carbocycles. The van der Waals surface area contributed by atoms with E-state index >= 15 is 0 Å². The Bertz CT molecular complexity index is 436. The summed E-state index contributed by atoms with van der Waals surface area (Å²) in [4.78, 5) is 4.09. The second-order valence-corrected chi connectivity index (χ2v) is 2.76. The molecule has 1 aromatic heterocycles. The molecular formula is C8H7BN2O. The van der Waals surface area contributed by atoms with Crippen molar-refractivity contribution >= 4 is 24.3 Å². The van der Waals surface area contributed by atoms with E-state index in [1.807, 2.05) is 11.6 Å². The minimum absolute atomic E-state index is 0.170. The van der Waals surface area contributed by atoms with Gasteiger partial charge in [-0.1, -0.05) is 5.46 Å². The number of phenols is 1. The summed E-state index contributed by atoms with van der Waals surface area (Å²) in [5, 5.41) is 9.23. The fourth-order valence-corrected chi connectivity index (χ4v) is 1.24. The highest BCUT2D eigenvalue weighted by molar-refractivity contribution is 6.38. The summed E-state index contributed by atoms with van der Waals surface area (Å²) >= 11 is 0. The van der Waals surface area contributed by atoms with Crippen LogP contribution in [0.15, 0.2) is 18.5 Å². The van der Waals surface area contributed by atoms with Crippen LogP contribution in [0.25, 0.3) is 11.0 Å². The minimum Gasteiger partial charge on any atom is -0.508 e. The standard InChI is InChI=1S/C8H7BN2O/c1-11-4-10-8-6(9)2-5(12)3-7(8)11/h2-4,12H,1H3. The third-order valence-corrected chi connectivity index (χ3v) is 1.84. The summed E-state index contributed by atoms with van der Waals surface area (Å²) in [7, 11) is 7.49. The number of aromatic hydroxyl groups is 1. The van der Waals surface area contributed by atoms with Gasteiger partial charge in [0.2, 0.25) is 0 Å². The van der Waals surface area contributed by atoms with Crippen LogP contribution in [0.5, 0.6) is 5.75 Å². The summed E-state index contributed by atoms with van der Waals surface area (Å²) in [6.45, 7) is 0. The number of hydrogen-bond donors (Lipinski definition) is 1. The molecule has 0 amide bonds. The zero-order valence-electron chi connectivity index (χ0n) is 6.65. The van der Waals surface area contributed by atoms with E-state index in [1.165, 1.54) is 6.07 Å². The third kappa shape index (κ3) is 0.880. The van der Waals surface area contributed by atoms with Gasteiger partial charge in [0.1, 0.15) is 13.6 Å². The van der Waals surface area contributed by atoms with Crippen molar-refractivity contribution in [1.82, 2.24) is 9.55 Å². The molecule has 1 N–H and O–H groups in total. The number of aromatic nitrogens is 2. The lowest BCUT2D eigenvalue weighted by Gasteiger charge is -1.98. The van der Waals surface area contributed by atoms with Crippen molar-refractivity contribution in [3.8, 4) is 5.75 Å². The topological polar surface area (TPSA) is 38.1 Å². The molecule has 12 heavy (non-hydrogen) atoms. The van der Waals surface area contributed by atoms with E-state index in [4.69, 9.17) is 7.85 Å². The molecule has 0 atom stereocenters. The van der Waals surface area contributed by atoms with Crippen molar-refractivity contribution in [3.05, 3.63) is 18.5 Å². The predicted molar refractivity (Wildman–Crippen MR) is 47.8 cm³/mol. The molecule has 0 aliphatic carbocycles. The predicted octanol–water partition coefficient (Wildman–Crippen LogP) is 0.0727. The molecule has 0 bridgehead atoms. The average molecular weight is 158 g/mol. The number of phenolic OH excluding ortho intramolecular Hbond substituents is 1. The van der Waals surface area contributed by atoms with E-state index in [0.29, 0.717) is 5.46 Å². The van der Waals surface area contributed by atoms with Gasteiger partial charge >= 0.3 is 0 Å². The van der Waals surface area contributed by atoms with Crippen molar-refractivity contribution in [1.29, 1.82) is 0 Å². The van der Waals surface area contributed by atoms with E-state index in [1.54, 1.807) is 12.4 Å². The first-order valence-corrected chi connectivity index (χ1v) is 3.58. The Balaban J connectivity index is 2.92. The van der Waals surface area contributed by atoms with Gasteiger partial charge in [0.05, 0.1) is 17.4 Å². The molecule has 0 unspecified atom stereocenters. The summed E-state index contributed by atoms with van der Waals surface area (Å²) in [5.41, 5.74) is 2.08. The van der Waals surface area contributed by atoms with Crippen molar-refractivity contribution < 1.29 is 5.11 Å². The first kappa shape index (κ1) is 7.22. The van der Waals surface area contributed by atoms with E-state index in [0.717, 1.165) is 11.0 Å². The second-order valence-electron chi connectivity index (χ2n) is 2.76. The fourth-order valence-electron chi connectivity index (χ4n) is 1.24. The van der Waals surface area contributed by atoms with Crippen LogP contribution in [-0.2, 0) is 7.05 Å². The van der Waals surface area contributed by atoms with Gasteiger partial charge in [-0.05, 0) is 6.07 Å². The molecule has 58 valence electrons. The molecule has 0 fully saturated rings. The van der Waals surface area contributed by atoms with Crippen molar-refractivity contribution in [2.45, 2.75) is 0 Å². The summed E-state index contributed by atoms with van der Waals surface area (Å²) in [6.07, 6.45) is 1.67. The average Bonchev–Trinajstić information content (AvgIpc) is 2.33. The molecule has 0 aliphatic rings. The Morgan fingerprint density at radius 1 is 1.50 bits per heavy atom. The quantitative estimate of drug-likeness (QED) is 0.551. The van der Waals surface area contributed by atoms with Gasteiger partial charge in [0.25, 0.3) is 0 Å². The van der Waals surface area contributed by atoms with Crippen molar-refractivity contribution in [2.75, 3.05) is 0 Å². The first-order chi connectivity index (χ1) is 5.68. The van der Waals surface area contributed by atoms with Crippen LogP contribution < -0.4 is 5.46 Å². The van der Waals surface area contributed by atoms with Gasteiger partial charge in [-0.15, -0.1) is 0 Å². The van der Waals surface area contributed by atoms with Crippen LogP contribution in [0.2, 0.25) is 0 Å². The summed E-state index contributed by atoms with van der Waals surface area (Å²) in [6, 6.07) is 3.13. The fraction of sp³-hybridized carbons (Fsp3) is 0.125. The number of aryl methyl sites for hydroxylation is 1. The van der Waals surface area contributed by atoms with Crippen LogP contribution in [0.4, 0.5) is 0 Å². The van der Waals surface area contributed by atoms with Gasteiger partial charge in [0, 0.05) is 13.1 Å². The van der Waals surface area contributed by atoms with Gasteiger partial charge < -0.3 is 9.67 Å². The highest BCUT2D eigenvalue weighted by Gasteiger charge is 2.03. The largest absolute Gasteiger partial charge is 0.508 e. The number of rotatable bonds is 0. The zero-order chi connectivity index (χ0) is 8.72. The highest BCUT2D eigenvalue weighted by atomic mass is 16.3. The smallest absolute Gasteiger partial charge is 0.117 e. The van der Waals surface area contributed by atoms with Crippen LogP contribution in [0.1, 0.15) is 0 Å². The summed E-state index contributed by atoms with van der Waals surface area (Å²) < 4.78 is 1.81. The van der Waals surface area contributed by atoms with Crippen LogP contribution in [-0.4, -0.2) is 22.5 Å². The monoisotopic (exact) mass is 158 g/mol. The van der Waals surface area contributed by atoms with E-state index < -0.39 is 0 Å². The van der Waals surface area contributed by atoms with E-state index in [-0.39, 0.29) is 5.75 Å². The molecule has 0 spiro atoms.